The van der Waals surface area contributed by atoms with Crippen molar-refractivity contribution in [3.63, 3.8) is 0 Å². The fourth-order valence-electron chi connectivity index (χ4n) is 8.72. The quantitative estimate of drug-likeness (QED) is 0.162. The molecule has 0 aliphatic heterocycles. The van der Waals surface area contributed by atoms with Crippen LogP contribution in [0.2, 0.25) is 10.0 Å². The molecule has 0 amide bonds. The van der Waals surface area contributed by atoms with E-state index in [2.05, 4.69) is 164 Å². The van der Waals surface area contributed by atoms with Crippen LogP contribution in [0.3, 0.4) is 0 Å². The van der Waals surface area contributed by atoms with Gasteiger partial charge in [0.1, 0.15) is 0 Å². The van der Waals surface area contributed by atoms with E-state index >= 15 is 0 Å². The van der Waals surface area contributed by atoms with Crippen molar-refractivity contribution in [3.8, 4) is 11.1 Å². The second kappa shape index (κ2) is 14.2. The summed E-state index contributed by atoms with van der Waals surface area (Å²) in [5, 5.41) is 11.5. The van der Waals surface area contributed by atoms with Gasteiger partial charge in [-0.05, 0) is 0 Å². The van der Waals surface area contributed by atoms with E-state index in [4.69, 9.17) is 23.2 Å². The molecule has 8 aromatic rings. The van der Waals surface area contributed by atoms with Crippen molar-refractivity contribution in [2.24, 2.45) is 0 Å². The van der Waals surface area contributed by atoms with Crippen LogP contribution in [0.4, 0.5) is 0 Å². The van der Waals surface area contributed by atoms with Gasteiger partial charge in [-0.3, -0.25) is 0 Å². The topological polar surface area (TPSA) is 0 Å². The molecule has 0 saturated carbocycles. The summed E-state index contributed by atoms with van der Waals surface area (Å²) in [4.78, 5) is 0. The van der Waals surface area contributed by atoms with E-state index in [1.165, 1.54) is 68.9 Å². The first-order chi connectivity index (χ1) is 24.7. The molecule has 52 heavy (non-hydrogen) atoms. The van der Waals surface area contributed by atoms with Crippen molar-refractivity contribution in [1.82, 2.24) is 0 Å². The van der Waals surface area contributed by atoms with E-state index in [1.54, 1.807) is 3.28 Å². The molecule has 0 fully saturated rings. The van der Waals surface area contributed by atoms with Crippen LogP contribution in [0.5, 0.6) is 0 Å². The first-order valence-electron chi connectivity index (χ1n) is 17.2. The Morgan fingerprint density at radius 3 is 1.56 bits per heavy atom. The summed E-state index contributed by atoms with van der Waals surface area (Å²) in [6, 6.07) is 53.5. The Bertz CT molecular complexity index is 2740. The van der Waals surface area contributed by atoms with Gasteiger partial charge >= 0.3 is 311 Å². The van der Waals surface area contributed by atoms with Crippen LogP contribution in [0.1, 0.15) is 32.3 Å². The Morgan fingerprint density at radius 2 is 0.981 bits per heavy atom. The molecule has 0 aromatic heterocycles. The van der Waals surface area contributed by atoms with Crippen molar-refractivity contribution in [3.05, 3.63) is 199 Å². The van der Waals surface area contributed by atoms with Gasteiger partial charge in [-0.15, -0.1) is 0 Å². The maximum atomic E-state index is 6.95. The minimum Gasteiger partial charge on any atom is -1.00 e. The number of hydrogen-bond donors (Lipinski definition) is 0. The third-order valence-corrected chi connectivity index (χ3v) is 19.6. The van der Waals surface area contributed by atoms with Crippen LogP contribution in [-0.2, 0) is 21.3 Å². The molecule has 250 valence electrons. The molecule has 0 N–H and O–H groups in total. The van der Waals surface area contributed by atoms with Gasteiger partial charge in [-0.1, -0.05) is 0 Å². The first-order valence-corrected chi connectivity index (χ1v) is 21.8. The molecule has 0 nitrogen and oxygen atoms in total. The molecule has 2 aliphatic carbocycles. The van der Waals surface area contributed by atoms with Crippen molar-refractivity contribution in [1.29, 1.82) is 0 Å². The second-order valence-electron chi connectivity index (χ2n) is 13.3. The van der Waals surface area contributed by atoms with Crippen molar-refractivity contribution in [2.75, 3.05) is 0 Å². The smallest absolute Gasteiger partial charge is 1.00 e. The fourth-order valence-corrected chi connectivity index (χ4v) is 18.4. The molecule has 0 saturated heterocycles. The summed E-state index contributed by atoms with van der Waals surface area (Å²) in [6.07, 6.45) is 8.07. The largest absolute Gasteiger partial charge is 1.00 e. The van der Waals surface area contributed by atoms with E-state index in [9.17, 15) is 0 Å². The molecule has 5 heteroatoms. The number of rotatable bonds is 4. The van der Waals surface area contributed by atoms with Crippen LogP contribution in [0, 0.1) is 0 Å². The third-order valence-electron chi connectivity index (χ3n) is 10.8. The minimum absolute atomic E-state index is 0. The monoisotopic (exact) mass is 824 g/mol. The summed E-state index contributed by atoms with van der Waals surface area (Å²) in [7, 11) is 0. The molecule has 0 heterocycles. The number of allylic oxidation sites excluding steroid dienone is 4. The molecular weight excluding hydrogens is 798 g/mol. The second-order valence-corrected chi connectivity index (χ2v) is 20.4. The fraction of sp³-hybridized carbons (Fsp3) is 0.0426. The Kier molecular flexibility index (Phi) is 9.63. The van der Waals surface area contributed by atoms with Crippen LogP contribution in [-0.4, -0.2) is 3.21 Å². The summed E-state index contributed by atoms with van der Waals surface area (Å²) in [6.45, 7) is 0. The zero-order chi connectivity index (χ0) is 33.3. The number of halogens is 4. The van der Waals surface area contributed by atoms with Gasteiger partial charge in [0.05, 0.1) is 0 Å². The van der Waals surface area contributed by atoms with E-state index < -0.39 is 21.3 Å². The SMILES string of the molecule is Clc1ccc([C](c2ccc(Cl)c3ccccc23)=[Zr+2]([C]2=CC=CC2)[CH]2c3ccccc3-c3c2c2ccccc2c2ccccc32)c2ccccc12.[Cl-].[Cl-]. The van der Waals surface area contributed by atoms with Crippen molar-refractivity contribution < 1.29 is 46.1 Å². The van der Waals surface area contributed by atoms with Gasteiger partial charge in [0.25, 0.3) is 0 Å². The predicted molar refractivity (Wildman–Crippen MR) is 212 cm³/mol. The maximum Gasteiger partial charge on any atom is -1.00 e. The van der Waals surface area contributed by atoms with Gasteiger partial charge in [0.15, 0.2) is 0 Å². The minimum atomic E-state index is -3.10. The number of benzene rings is 8. The summed E-state index contributed by atoms with van der Waals surface area (Å²) in [5.74, 6) is 0. The Balaban J connectivity index is 0.00000193. The van der Waals surface area contributed by atoms with E-state index in [0.717, 1.165) is 27.2 Å². The Hall–Kier alpha value is -3.81. The Morgan fingerprint density at radius 1 is 0.500 bits per heavy atom. The average molecular weight is 828 g/mol. The summed E-state index contributed by atoms with van der Waals surface area (Å²) >= 11 is 10.8. The molecule has 8 aromatic carbocycles. The van der Waals surface area contributed by atoms with Gasteiger partial charge < -0.3 is 24.8 Å². The third kappa shape index (κ3) is 5.40. The average Bonchev–Trinajstić information content (AvgIpc) is 3.83. The summed E-state index contributed by atoms with van der Waals surface area (Å²) < 4.78 is 3.35. The van der Waals surface area contributed by atoms with Crippen LogP contribution in [0.25, 0.3) is 54.2 Å². The van der Waals surface area contributed by atoms with E-state index in [1.807, 2.05) is 0 Å². The predicted octanol–water partition coefficient (Wildman–Crippen LogP) is 7.42. The van der Waals surface area contributed by atoms with Gasteiger partial charge in [-0.2, -0.15) is 0 Å². The van der Waals surface area contributed by atoms with E-state index in [0.29, 0.717) is 0 Å². The first kappa shape index (κ1) is 35.2. The maximum absolute atomic E-state index is 6.95. The normalized spacial score (nSPS) is 14.0. The van der Waals surface area contributed by atoms with Gasteiger partial charge in [0, 0.05) is 0 Å². The zero-order valence-corrected chi connectivity index (χ0v) is 33.4. The molecule has 0 bridgehead atoms. The van der Waals surface area contributed by atoms with Crippen molar-refractivity contribution >= 4 is 69.5 Å². The van der Waals surface area contributed by atoms with Crippen LogP contribution < -0.4 is 24.8 Å². The molecule has 1 unspecified atom stereocenters. The summed E-state index contributed by atoms with van der Waals surface area (Å²) in [5.41, 5.74) is 8.31. The molecule has 10 rings (SSSR count). The van der Waals surface area contributed by atoms with Crippen molar-refractivity contribution in [2.45, 2.75) is 10.0 Å². The van der Waals surface area contributed by atoms with Gasteiger partial charge in [0.2, 0.25) is 0 Å². The van der Waals surface area contributed by atoms with E-state index in [-0.39, 0.29) is 28.4 Å². The molecule has 1 atom stereocenters. The zero-order valence-electron chi connectivity index (χ0n) is 27.9. The molecule has 2 aliphatic rings. The Labute approximate surface area is 333 Å². The van der Waals surface area contributed by atoms with Gasteiger partial charge in [-0.25, -0.2) is 0 Å². The molecule has 0 spiro atoms. The van der Waals surface area contributed by atoms with Crippen LogP contribution in [0.15, 0.2) is 167 Å². The number of hydrogen-bond acceptors (Lipinski definition) is 0. The molecular formula is C47H30Cl4Zr. The molecule has 0 radical (unpaired) electrons. The number of fused-ring (bicyclic) bond motifs is 10. The van der Waals surface area contributed by atoms with Crippen LogP contribution >= 0.6 is 23.2 Å². The standard InChI is InChI=1S/C21H12Cl2.C21H13.C5H5.2ClH.Zr/c22-20-11-9-14(16-5-1-3-7-18(16)20)13-15-10-12-21(23)19-8-4-2-6-17(15)19;1-2-8-15-14(7-1)13-20-18-11-4-3-9-16(18)17-10-5-6-12-19(17)21(15)20;1-2-4-5-3-1;;;/h1-12H;1-13H;1-3H,4H2;2*1H;/q;;;;;+2/p-2.